The molecule has 0 bridgehead atoms. The molecular weight excluding hydrogens is 835 g/mol. The summed E-state index contributed by atoms with van der Waals surface area (Å²) in [5, 5.41) is 9.64. The lowest BCUT2D eigenvalue weighted by Crippen LogP contribution is -2.26. The number of anilines is 3. The van der Waals surface area contributed by atoms with Gasteiger partial charge in [-0.3, -0.25) is 0 Å². The van der Waals surface area contributed by atoms with Crippen LogP contribution in [0, 0.1) is 0 Å². The highest BCUT2D eigenvalue weighted by Crippen LogP contribution is 2.63. The van der Waals surface area contributed by atoms with E-state index in [-0.39, 0.29) is 0 Å². The zero-order chi connectivity index (χ0) is 45.2. The van der Waals surface area contributed by atoms with Crippen LogP contribution in [0.15, 0.2) is 253 Å². The molecule has 0 radical (unpaired) electrons. The van der Waals surface area contributed by atoms with Crippen molar-refractivity contribution in [1.29, 1.82) is 0 Å². The van der Waals surface area contributed by atoms with Crippen LogP contribution in [0.5, 0.6) is 0 Å². The summed E-state index contributed by atoms with van der Waals surface area (Å²) in [5.41, 5.74) is 19.5. The predicted molar refractivity (Wildman–Crippen MR) is 288 cm³/mol. The number of nitrogens with zero attached hydrogens (tertiary/aromatic N) is 1. The second-order valence-corrected chi connectivity index (χ2v) is 18.7. The lowest BCUT2D eigenvalue weighted by molar-refractivity contribution is 0.670. The molecule has 0 N–H and O–H groups in total. The van der Waals surface area contributed by atoms with Crippen LogP contribution >= 0.6 is 0 Å². The number of hydrogen-bond donors (Lipinski definition) is 0. The normalized spacial score (nSPS) is 13.0. The van der Waals surface area contributed by atoms with Crippen LogP contribution in [-0.2, 0) is 5.41 Å². The fourth-order valence-electron chi connectivity index (χ4n) is 12.3. The zero-order valence-corrected chi connectivity index (χ0v) is 37.5. The highest BCUT2D eigenvalue weighted by molar-refractivity contribution is 6.15. The molecule has 1 heterocycles. The molecule has 1 spiro atoms. The lowest BCUT2D eigenvalue weighted by Gasteiger charge is -2.32. The molecule has 0 fully saturated rings. The van der Waals surface area contributed by atoms with Gasteiger partial charge in [0.2, 0.25) is 0 Å². The Hall–Kier alpha value is -8.98. The molecule has 1 aromatic heterocycles. The molecular formula is C67H41NO. The van der Waals surface area contributed by atoms with Crippen LogP contribution < -0.4 is 4.90 Å². The van der Waals surface area contributed by atoms with Crippen molar-refractivity contribution in [3.8, 4) is 44.5 Å². The molecule has 12 aromatic carbocycles. The van der Waals surface area contributed by atoms with E-state index in [0.717, 1.165) is 50.1 Å². The van der Waals surface area contributed by atoms with Crippen molar-refractivity contribution in [2.24, 2.45) is 0 Å². The van der Waals surface area contributed by atoms with Gasteiger partial charge in [0.25, 0.3) is 0 Å². The number of benzene rings is 12. The number of para-hydroxylation sites is 2. The zero-order valence-electron chi connectivity index (χ0n) is 37.5. The molecule has 0 amide bonds. The van der Waals surface area contributed by atoms with Crippen molar-refractivity contribution in [3.05, 3.63) is 271 Å². The first-order valence-electron chi connectivity index (χ1n) is 23.9. The van der Waals surface area contributed by atoms with Gasteiger partial charge in [0, 0.05) is 33.3 Å². The fourth-order valence-corrected chi connectivity index (χ4v) is 12.3. The Morgan fingerprint density at radius 1 is 0.290 bits per heavy atom. The molecule has 0 unspecified atom stereocenters. The Bertz CT molecular complexity index is 4210. The molecule has 0 aliphatic heterocycles. The first kappa shape index (κ1) is 38.2. The largest absolute Gasteiger partial charge is 0.455 e. The highest BCUT2D eigenvalue weighted by atomic mass is 16.3. The van der Waals surface area contributed by atoms with Crippen LogP contribution in [0.2, 0.25) is 0 Å². The Kier molecular flexibility index (Phi) is 8.02. The second kappa shape index (κ2) is 14.5. The molecule has 2 nitrogen and oxygen atoms in total. The van der Waals surface area contributed by atoms with Gasteiger partial charge in [0.15, 0.2) is 0 Å². The maximum Gasteiger partial charge on any atom is 0.143 e. The molecule has 69 heavy (non-hydrogen) atoms. The Morgan fingerprint density at radius 2 is 0.826 bits per heavy atom. The van der Waals surface area contributed by atoms with Gasteiger partial charge in [0.05, 0.1) is 11.1 Å². The van der Waals surface area contributed by atoms with E-state index >= 15 is 0 Å². The molecule has 13 aromatic rings. The average molecular weight is 876 g/mol. The molecule has 0 saturated heterocycles. The van der Waals surface area contributed by atoms with E-state index in [2.05, 4.69) is 254 Å². The van der Waals surface area contributed by atoms with Crippen molar-refractivity contribution in [2.45, 2.75) is 5.41 Å². The topological polar surface area (TPSA) is 16.4 Å². The third-order valence-corrected chi connectivity index (χ3v) is 15.3. The number of fused-ring (bicyclic) bond motifs is 17. The van der Waals surface area contributed by atoms with Crippen LogP contribution in [0.1, 0.15) is 22.3 Å². The Balaban J connectivity index is 0.965. The number of hydrogen-bond acceptors (Lipinski definition) is 2. The summed E-state index contributed by atoms with van der Waals surface area (Å²) in [5.74, 6) is 0. The quantitative estimate of drug-likeness (QED) is 0.160. The first-order valence-corrected chi connectivity index (χ1v) is 23.9. The molecule has 15 rings (SSSR count). The third kappa shape index (κ3) is 5.37. The number of furan rings is 1. The van der Waals surface area contributed by atoms with Crippen LogP contribution in [0.25, 0.3) is 98.8 Å². The fraction of sp³-hybridized carbons (Fsp3) is 0.0149. The van der Waals surface area contributed by atoms with E-state index in [9.17, 15) is 0 Å². The maximum atomic E-state index is 6.93. The Morgan fingerprint density at radius 3 is 1.55 bits per heavy atom. The van der Waals surface area contributed by atoms with Crippen LogP contribution in [0.3, 0.4) is 0 Å². The second-order valence-electron chi connectivity index (χ2n) is 18.7. The summed E-state index contributed by atoms with van der Waals surface area (Å²) < 4.78 is 6.93. The van der Waals surface area contributed by atoms with Gasteiger partial charge in [-0.1, -0.05) is 206 Å². The maximum absolute atomic E-state index is 6.93. The summed E-state index contributed by atoms with van der Waals surface area (Å²) in [4.78, 5) is 2.47. The first-order chi connectivity index (χ1) is 34.2. The third-order valence-electron chi connectivity index (χ3n) is 15.3. The minimum absolute atomic E-state index is 0.480. The van der Waals surface area contributed by atoms with E-state index in [1.807, 2.05) is 0 Å². The van der Waals surface area contributed by atoms with Crippen molar-refractivity contribution >= 4 is 71.3 Å². The van der Waals surface area contributed by atoms with Crippen molar-refractivity contribution in [3.63, 3.8) is 0 Å². The van der Waals surface area contributed by atoms with Crippen LogP contribution in [0.4, 0.5) is 17.1 Å². The molecule has 0 saturated carbocycles. The number of rotatable bonds is 5. The summed E-state index contributed by atoms with van der Waals surface area (Å²) in [6.45, 7) is 0. The minimum Gasteiger partial charge on any atom is -0.455 e. The van der Waals surface area contributed by atoms with E-state index < -0.39 is 5.41 Å². The van der Waals surface area contributed by atoms with Crippen molar-refractivity contribution in [2.75, 3.05) is 4.90 Å². The standard InChI is InChI=1S/C67H41NO/c1-2-17-45-40-65-59(39-44(45)16-1)58-26-14-25-57(66(58)69-65)56-22-8-12-30-64(56)68(46-34-31-43(32-35-46)49-23-13-24-50-48-18-4-3-15-42(48)33-37-51(49)50)47-36-38-55-54-21-7-11-29-62(54)67(63(55)41-47)60-27-9-5-19-52(60)53-20-6-10-28-61(53)67/h1-41H. The molecule has 2 heteroatoms. The summed E-state index contributed by atoms with van der Waals surface area (Å²) in [6.07, 6.45) is 0. The summed E-state index contributed by atoms with van der Waals surface area (Å²) in [7, 11) is 0. The van der Waals surface area contributed by atoms with E-state index in [4.69, 9.17) is 4.42 Å². The van der Waals surface area contributed by atoms with Gasteiger partial charge < -0.3 is 9.32 Å². The Labute approximate surface area is 399 Å². The predicted octanol–water partition coefficient (Wildman–Crippen LogP) is 18.2. The molecule has 0 atom stereocenters. The minimum atomic E-state index is -0.480. The smallest absolute Gasteiger partial charge is 0.143 e. The molecule has 320 valence electrons. The summed E-state index contributed by atoms with van der Waals surface area (Å²) >= 11 is 0. The van der Waals surface area contributed by atoms with Crippen molar-refractivity contribution in [1.82, 2.24) is 0 Å². The van der Waals surface area contributed by atoms with Crippen molar-refractivity contribution < 1.29 is 4.42 Å². The summed E-state index contributed by atoms with van der Waals surface area (Å²) in [6, 6.07) is 91.9. The van der Waals surface area contributed by atoms with Gasteiger partial charge in [-0.05, 0) is 130 Å². The van der Waals surface area contributed by atoms with Crippen LogP contribution in [-0.4, -0.2) is 0 Å². The van der Waals surface area contributed by atoms with E-state index in [1.165, 1.54) is 88.0 Å². The monoisotopic (exact) mass is 875 g/mol. The van der Waals surface area contributed by atoms with Gasteiger partial charge in [-0.15, -0.1) is 0 Å². The van der Waals surface area contributed by atoms with E-state index in [0.29, 0.717) is 0 Å². The van der Waals surface area contributed by atoms with Gasteiger partial charge in [0.1, 0.15) is 11.2 Å². The average Bonchev–Trinajstić information content (AvgIpc) is 4.04. The van der Waals surface area contributed by atoms with Gasteiger partial charge in [-0.25, -0.2) is 0 Å². The van der Waals surface area contributed by atoms with E-state index in [1.54, 1.807) is 0 Å². The lowest BCUT2D eigenvalue weighted by atomic mass is 9.70. The molecule has 2 aliphatic carbocycles. The highest BCUT2D eigenvalue weighted by Gasteiger charge is 2.51. The molecule has 2 aliphatic rings. The van der Waals surface area contributed by atoms with Gasteiger partial charge >= 0.3 is 0 Å². The van der Waals surface area contributed by atoms with Gasteiger partial charge in [-0.2, -0.15) is 0 Å². The SMILES string of the molecule is c1ccc(N(c2ccc(-c3cccc4c3ccc3ccccc34)cc2)c2ccc3c(c2)C2(c4ccccc4-c4ccccc42)c2ccccc2-3)c(-c2cccc3c2oc2cc4ccccc4cc23)c1.